The predicted octanol–water partition coefficient (Wildman–Crippen LogP) is 1.86. The summed E-state index contributed by atoms with van der Waals surface area (Å²) in [5, 5.41) is 20.6. The second-order valence-corrected chi connectivity index (χ2v) is 7.30. The first-order valence-electron chi connectivity index (χ1n) is 10.2. The van der Waals surface area contributed by atoms with Crippen LogP contribution in [0.15, 0.2) is 30.3 Å². The second-order valence-electron chi connectivity index (χ2n) is 7.30. The number of aryl methyl sites for hydroxylation is 1. The van der Waals surface area contributed by atoms with Crippen molar-refractivity contribution in [1.29, 1.82) is 10.5 Å². The highest BCUT2D eigenvalue weighted by atomic mass is 16.2. The van der Waals surface area contributed by atoms with Crippen LogP contribution in [0.1, 0.15) is 37.7 Å². The van der Waals surface area contributed by atoms with Gasteiger partial charge >= 0.3 is 0 Å². The largest absolute Gasteiger partial charge is 0.353 e. The number of hydrogen-bond acceptors (Lipinski definition) is 5. The number of hydrogen-bond donors (Lipinski definition) is 1. The van der Waals surface area contributed by atoms with Gasteiger partial charge in [0.1, 0.15) is 0 Å². The molecule has 1 aromatic rings. The van der Waals surface area contributed by atoms with E-state index in [-0.39, 0.29) is 30.7 Å². The topological polar surface area (TPSA) is 100 Å². The molecule has 1 heterocycles. The van der Waals surface area contributed by atoms with Crippen molar-refractivity contribution in [3.8, 4) is 12.1 Å². The van der Waals surface area contributed by atoms with Gasteiger partial charge in [0.2, 0.25) is 11.8 Å². The number of amides is 2. The number of piperidine rings is 1. The highest BCUT2D eigenvalue weighted by molar-refractivity contribution is 5.78. The van der Waals surface area contributed by atoms with E-state index in [4.69, 9.17) is 10.5 Å². The third-order valence-electron chi connectivity index (χ3n) is 5.13. The number of carbonyl (C=O) groups excluding carboxylic acids is 2. The Balaban J connectivity index is 1.69. The summed E-state index contributed by atoms with van der Waals surface area (Å²) in [5.74, 6) is 0.0309. The van der Waals surface area contributed by atoms with Crippen molar-refractivity contribution in [2.45, 2.75) is 44.6 Å². The molecule has 0 radical (unpaired) electrons. The van der Waals surface area contributed by atoms with Gasteiger partial charge in [-0.1, -0.05) is 30.3 Å². The normalized spacial score (nSPS) is 14.6. The number of nitriles is 2. The first kappa shape index (κ1) is 22.4. The molecule has 7 heteroatoms. The Morgan fingerprint density at radius 1 is 1.07 bits per heavy atom. The van der Waals surface area contributed by atoms with E-state index in [1.807, 2.05) is 42.5 Å². The minimum atomic E-state index is -0.0409. The predicted molar refractivity (Wildman–Crippen MR) is 109 cm³/mol. The number of likely N-dealkylation sites (tertiary alicyclic amines) is 1. The van der Waals surface area contributed by atoms with E-state index in [1.165, 1.54) is 0 Å². The molecular weight excluding hydrogens is 366 g/mol. The van der Waals surface area contributed by atoms with Crippen LogP contribution in [0.25, 0.3) is 0 Å². The highest BCUT2D eigenvalue weighted by Crippen LogP contribution is 2.12. The SMILES string of the molecule is N#CCCN(CCC#N)C(=O)CN1CCC(NC(=O)CCc2ccccc2)CC1. The summed E-state index contributed by atoms with van der Waals surface area (Å²) in [5.41, 5.74) is 1.16. The third kappa shape index (κ3) is 8.33. The average Bonchev–Trinajstić information content (AvgIpc) is 2.74. The molecule has 154 valence electrons. The van der Waals surface area contributed by atoms with Gasteiger partial charge in [0.25, 0.3) is 0 Å². The number of nitrogens with one attached hydrogen (secondary N) is 1. The molecule has 1 aliphatic heterocycles. The van der Waals surface area contributed by atoms with Gasteiger partial charge in [-0.15, -0.1) is 0 Å². The Morgan fingerprint density at radius 2 is 1.69 bits per heavy atom. The fraction of sp³-hybridized carbons (Fsp3) is 0.545. The summed E-state index contributed by atoms with van der Waals surface area (Å²) in [6, 6.07) is 14.2. The van der Waals surface area contributed by atoms with E-state index in [0.717, 1.165) is 37.9 Å². The zero-order valence-corrected chi connectivity index (χ0v) is 16.8. The molecule has 7 nitrogen and oxygen atoms in total. The molecule has 0 aliphatic carbocycles. The summed E-state index contributed by atoms with van der Waals surface area (Å²) in [6.45, 7) is 2.53. The average molecular weight is 396 g/mol. The van der Waals surface area contributed by atoms with Crippen LogP contribution in [0, 0.1) is 22.7 Å². The third-order valence-corrected chi connectivity index (χ3v) is 5.13. The Hall–Kier alpha value is -2.90. The van der Waals surface area contributed by atoms with Crippen LogP contribution < -0.4 is 5.32 Å². The van der Waals surface area contributed by atoms with Crippen LogP contribution in [0.4, 0.5) is 0 Å². The molecule has 1 N–H and O–H groups in total. The second kappa shape index (κ2) is 12.5. The molecule has 1 saturated heterocycles. The van der Waals surface area contributed by atoms with Crippen molar-refractivity contribution in [3.05, 3.63) is 35.9 Å². The van der Waals surface area contributed by atoms with Gasteiger partial charge in [-0.25, -0.2) is 0 Å². The van der Waals surface area contributed by atoms with E-state index in [1.54, 1.807) is 4.90 Å². The van der Waals surface area contributed by atoms with Crippen molar-refractivity contribution in [3.63, 3.8) is 0 Å². The van der Waals surface area contributed by atoms with Crippen LogP contribution in [0.3, 0.4) is 0 Å². The summed E-state index contributed by atoms with van der Waals surface area (Å²) < 4.78 is 0. The lowest BCUT2D eigenvalue weighted by molar-refractivity contribution is -0.133. The van der Waals surface area contributed by atoms with Crippen LogP contribution >= 0.6 is 0 Å². The van der Waals surface area contributed by atoms with Gasteiger partial charge in [0, 0.05) is 38.6 Å². The van der Waals surface area contributed by atoms with Gasteiger partial charge in [0.15, 0.2) is 0 Å². The number of benzene rings is 1. The molecule has 0 unspecified atom stereocenters. The quantitative estimate of drug-likeness (QED) is 0.652. The molecule has 2 rings (SSSR count). The van der Waals surface area contributed by atoms with Crippen molar-refractivity contribution in [2.24, 2.45) is 0 Å². The van der Waals surface area contributed by atoms with E-state index in [2.05, 4.69) is 10.2 Å². The molecular formula is C22H29N5O2. The molecule has 0 atom stereocenters. The lowest BCUT2D eigenvalue weighted by atomic mass is 10.0. The van der Waals surface area contributed by atoms with Crippen molar-refractivity contribution >= 4 is 11.8 Å². The summed E-state index contributed by atoms with van der Waals surface area (Å²) >= 11 is 0. The van der Waals surface area contributed by atoms with Gasteiger partial charge in [-0.3, -0.25) is 14.5 Å². The smallest absolute Gasteiger partial charge is 0.236 e. The number of rotatable bonds is 10. The van der Waals surface area contributed by atoms with Crippen LogP contribution in [0.2, 0.25) is 0 Å². The highest BCUT2D eigenvalue weighted by Gasteiger charge is 2.23. The summed E-state index contributed by atoms with van der Waals surface area (Å²) in [4.78, 5) is 28.4. The van der Waals surface area contributed by atoms with Crippen molar-refractivity contribution < 1.29 is 9.59 Å². The fourth-order valence-corrected chi connectivity index (χ4v) is 3.46. The summed E-state index contributed by atoms with van der Waals surface area (Å²) in [6.07, 6.45) is 3.40. The maximum atomic E-state index is 12.5. The molecule has 0 saturated carbocycles. The molecule has 1 aromatic carbocycles. The summed E-state index contributed by atoms with van der Waals surface area (Å²) in [7, 11) is 0. The van der Waals surface area contributed by atoms with Crippen LogP contribution in [-0.2, 0) is 16.0 Å². The molecule has 2 amide bonds. The van der Waals surface area contributed by atoms with E-state index >= 15 is 0 Å². The van der Waals surface area contributed by atoms with E-state index < -0.39 is 0 Å². The van der Waals surface area contributed by atoms with Gasteiger partial charge in [-0.05, 0) is 24.8 Å². The van der Waals surface area contributed by atoms with Crippen LogP contribution in [-0.4, -0.2) is 60.4 Å². The van der Waals surface area contributed by atoms with Gasteiger partial charge in [-0.2, -0.15) is 10.5 Å². The number of carbonyl (C=O) groups is 2. The Bertz CT molecular complexity index is 712. The molecule has 29 heavy (non-hydrogen) atoms. The molecule has 0 spiro atoms. The monoisotopic (exact) mass is 395 g/mol. The molecule has 0 bridgehead atoms. The lowest BCUT2D eigenvalue weighted by Crippen LogP contribution is -2.48. The van der Waals surface area contributed by atoms with Gasteiger partial charge in [0.05, 0.1) is 31.5 Å². The maximum absolute atomic E-state index is 12.5. The van der Waals surface area contributed by atoms with Crippen LogP contribution in [0.5, 0.6) is 0 Å². The van der Waals surface area contributed by atoms with E-state index in [9.17, 15) is 9.59 Å². The fourth-order valence-electron chi connectivity index (χ4n) is 3.46. The standard InChI is InChI=1S/C22H29N5O2/c23-12-4-14-27(15-5-13-24)22(29)18-26-16-10-20(11-17-26)25-21(28)9-8-19-6-2-1-3-7-19/h1-3,6-7,20H,4-5,8-11,14-18H2,(H,25,28). The first-order chi connectivity index (χ1) is 14.1. The zero-order chi connectivity index (χ0) is 20.9. The molecule has 0 aromatic heterocycles. The zero-order valence-electron chi connectivity index (χ0n) is 16.8. The minimum absolute atomic E-state index is 0.0409. The van der Waals surface area contributed by atoms with Crippen molar-refractivity contribution in [1.82, 2.24) is 15.1 Å². The minimum Gasteiger partial charge on any atom is -0.353 e. The Morgan fingerprint density at radius 3 is 2.28 bits per heavy atom. The lowest BCUT2D eigenvalue weighted by Gasteiger charge is -2.33. The Labute approximate surface area is 172 Å². The molecule has 1 aliphatic rings. The molecule has 1 fully saturated rings. The number of nitrogens with zero attached hydrogens (tertiary/aromatic N) is 4. The van der Waals surface area contributed by atoms with Crippen molar-refractivity contribution in [2.75, 3.05) is 32.7 Å². The first-order valence-corrected chi connectivity index (χ1v) is 10.2. The maximum Gasteiger partial charge on any atom is 0.236 e. The van der Waals surface area contributed by atoms with Gasteiger partial charge < -0.3 is 10.2 Å². The Kier molecular flexibility index (Phi) is 9.68. The van der Waals surface area contributed by atoms with E-state index in [0.29, 0.717) is 26.1 Å².